The van der Waals surface area contributed by atoms with E-state index in [0.29, 0.717) is 12.8 Å². The summed E-state index contributed by atoms with van der Waals surface area (Å²) in [5.41, 5.74) is 0. The second-order valence-corrected chi connectivity index (χ2v) is 6.49. The highest BCUT2D eigenvalue weighted by atomic mass is 16.4. The molecule has 4 aliphatic rings. The van der Waals surface area contributed by atoms with E-state index >= 15 is 0 Å². The predicted octanol–water partition coefficient (Wildman–Crippen LogP) is 1.05. The maximum atomic E-state index is 12.6. The molecule has 3 fully saturated rings. The number of amides is 2. The lowest BCUT2D eigenvalue weighted by Crippen LogP contribution is -2.45. The second kappa shape index (κ2) is 3.93. The van der Waals surface area contributed by atoms with Gasteiger partial charge in [-0.3, -0.25) is 19.3 Å². The van der Waals surface area contributed by atoms with Gasteiger partial charge in [0.1, 0.15) is 0 Å². The van der Waals surface area contributed by atoms with E-state index in [9.17, 15) is 19.5 Å². The smallest absolute Gasteiger partial charge is 0.308 e. The summed E-state index contributed by atoms with van der Waals surface area (Å²) in [6.45, 7) is 0. The molecule has 5 nitrogen and oxygen atoms in total. The molecule has 5 heteroatoms. The number of allylic oxidation sites excluding steroid dienone is 2. The first-order valence-corrected chi connectivity index (χ1v) is 7.37. The van der Waals surface area contributed by atoms with Crippen molar-refractivity contribution in [2.24, 2.45) is 29.6 Å². The van der Waals surface area contributed by atoms with Gasteiger partial charge < -0.3 is 5.11 Å². The third kappa shape index (κ3) is 1.35. The van der Waals surface area contributed by atoms with E-state index in [1.54, 1.807) is 0 Å². The van der Waals surface area contributed by atoms with Crippen LogP contribution in [0, 0.1) is 29.6 Å². The molecule has 1 heterocycles. The van der Waals surface area contributed by atoms with E-state index in [1.807, 2.05) is 0 Å². The molecule has 106 valence electrons. The molecule has 0 aromatic heterocycles. The molecule has 1 saturated heterocycles. The quantitative estimate of drug-likeness (QED) is 0.603. The molecule has 1 aliphatic heterocycles. The number of carbonyl (C=O) groups excluding carboxylic acids is 2. The Kier molecular flexibility index (Phi) is 2.38. The molecule has 20 heavy (non-hydrogen) atoms. The number of hydrogen-bond donors (Lipinski definition) is 1. The lowest BCUT2D eigenvalue weighted by atomic mass is 9.85. The zero-order chi connectivity index (χ0) is 14.0. The third-order valence-electron chi connectivity index (χ3n) is 5.63. The van der Waals surface area contributed by atoms with Gasteiger partial charge in [0.25, 0.3) is 0 Å². The highest BCUT2D eigenvalue weighted by molar-refractivity contribution is 6.07. The van der Waals surface area contributed by atoms with Crippen molar-refractivity contribution in [3.8, 4) is 0 Å². The van der Waals surface area contributed by atoms with E-state index in [2.05, 4.69) is 12.2 Å². The molecular weight excluding hydrogens is 258 g/mol. The summed E-state index contributed by atoms with van der Waals surface area (Å²) < 4.78 is 0. The van der Waals surface area contributed by atoms with Crippen LogP contribution in [-0.4, -0.2) is 33.8 Å². The number of rotatable bonds is 2. The van der Waals surface area contributed by atoms with Crippen molar-refractivity contribution in [3.05, 3.63) is 12.2 Å². The van der Waals surface area contributed by atoms with Crippen LogP contribution in [0.4, 0.5) is 0 Å². The first-order chi connectivity index (χ1) is 9.59. The molecule has 0 spiro atoms. The summed E-state index contributed by atoms with van der Waals surface area (Å²) in [5.74, 6) is -1.74. The number of imide groups is 1. The van der Waals surface area contributed by atoms with Crippen LogP contribution in [-0.2, 0) is 14.4 Å². The van der Waals surface area contributed by atoms with Crippen LogP contribution < -0.4 is 0 Å². The van der Waals surface area contributed by atoms with Crippen LogP contribution in [0.15, 0.2) is 12.2 Å². The van der Waals surface area contributed by atoms with Crippen LogP contribution >= 0.6 is 0 Å². The summed E-state index contributed by atoms with van der Waals surface area (Å²) in [7, 11) is 0. The average Bonchev–Trinajstić information content (AvgIpc) is 3.13. The minimum atomic E-state index is -0.883. The van der Waals surface area contributed by atoms with Gasteiger partial charge in [-0.05, 0) is 31.1 Å². The molecule has 0 radical (unpaired) electrons. The molecule has 6 atom stereocenters. The molecule has 0 aromatic carbocycles. The summed E-state index contributed by atoms with van der Waals surface area (Å²) >= 11 is 0. The lowest BCUT2D eigenvalue weighted by Gasteiger charge is -2.27. The molecule has 3 aliphatic carbocycles. The number of fused-ring (bicyclic) bond motifs is 5. The van der Waals surface area contributed by atoms with E-state index in [0.717, 1.165) is 12.8 Å². The van der Waals surface area contributed by atoms with Crippen molar-refractivity contribution < 1.29 is 19.5 Å². The number of aliphatic carboxylic acids is 1. The van der Waals surface area contributed by atoms with Crippen molar-refractivity contribution in [1.82, 2.24) is 4.90 Å². The Balaban J connectivity index is 1.66. The number of hydrogen-bond acceptors (Lipinski definition) is 3. The normalized spacial score (nSPS) is 45.5. The fraction of sp³-hybridized carbons (Fsp3) is 0.667. The molecule has 2 amide bonds. The Morgan fingerprint density at radius 2 is 1.70 bits per heavy atom. The molecule has 2 bridgehead atoms. The van der Waals surface area contributed by atoms with Gasteiger partial charge in [-0.25, -0.2) is 0 Å². The molecule has 2 saturated carbocycles. The Morgan fingerprint density at radius 3 is 2.25 bits per heavy atom. The summed E-state index contributed by atoms with van der Waals surface area (Å²) in [6.07, 6.45) is 7.01. The zero-order valence-electron chi connectivity index (χ0n) is 11.1. The highest BCUT2D eigenvalue weighted by Gasteiger charge is 2.61. The van der Waals surface area contributed by atoms with Crippen molar-refractivity contribution in [1.29, 1.82) is 0 Å². The number of carboxylic acids is 1. The average molecular weight is 275 g/mol. The second-order valence-electron chi connectivity index (χ2n) is 6.49. The van der Waals surface area contributed by atoms with Gasteiger partial charge in [-0.1, -0.05) is 18.6 Å². The van der Waals surface area contributed by atoms with Gasteiger partial charge in [0.05, 0.1) is 23.8 Å². The number of carboxylic acid groups (broad SMARTS) is 1. The van der Waals surface area contributed by atoms with Gasteiger partial charge in [0.2, 0.25) is 11.8 Å². The largest absolute Gasteiger partial charge is 0.481 e. The van der Waals surface area contributed by atoms with Crippen molar-refractivity contribution in [2.75, 3.05) is 0 Å². The standard InChI is InChI=1S/C15H17NO4/c17-13-11-7-4-5-8(6-7)12(11)14(18)16(13)10-3-1-2-9(10)15(19)20/h4-5,7-12H,1-3,6H2,(H,19,20). The van der Waals surface area contributed by atoms with Gasteiger partial charge in [0.15, 0.2) is 0 Å². The Labute approximate surface area is 116 Å². The van der Waals surface area contributed by atoms with Crippen LogP contribution in [0.25, 0.3) is 0 Å². The fourth-order valence-corrected chi connectivity index (χ4v) is 4.79. The highest BCUT2D eigenvalue weighted by Crippen LogP contribution is 2.53. The fourth-order valence-electron chi connectivity index (χ4n) is 4.79. The first kappa shape index (κ1) is 12.1. The van der Waals surface area contributed by atoms with Gasteiger partial charge in [-0.2, -0.15) is 0 Å². The SMILES string of the molecule is O=C(O)C1CCCC1N1C(=O)C2C3C=CC(C3)C2C1=O. The maximum absolute atomic E-state index is 12.6. The minimum Gasteiger partial charge on any atom is -0.481 e. The van der Waals surface area contributed by atoms with E-state index in [-0.39, 0.29) is 35.5 Å². The van der Waals surface area contributed by atoms with Gasteiger partial charge in [-0.15, -0.1) is 0 Å². The van der Waals surface area contributed by atoms with E-state index < -0.39 is 17.9 Å². The zero-order valence-corrected chi connectivity index (χ0v) is 11.1. The molecule has 0 aromatic rings. The first-order valence-electron chi connectivity index (χ1n) is 7.37. The Bertz CT molecular complexity index is 510. The van der Waals surface area contributed by atoms with Crippen molar-refractivity contribution >= 4 is 17.8 Å². The topological polar surface area (TPSA) is 74.7 Å². The molecule has 6 unspecified atom stereocenters. The minimum absolute atomic E-state index is 0.116. The predicted molar refractivity (Wildman–Crippen MR) is 68.3 cm³/mol. The lowest BCUT2D eigenvalue weighted by molar-refractivity contribution is -0.149. The van der Waals surface area contributed by atoms with Crippen LogP contribution in [0.1, 0.15) is 25.7 Å². The van der Waals surface area contributed by atoms with Gasteiger partial charge >= 0.3 is 5.97 Å². The van der Waals surface area contributed by atoms with Crippen LogP contribution in [0.3, 0.4) is 0 Å². The maximum Gasteiger partial charge on any atom is 0.308 e. The summed E-state index contributed by atoms with van der Waals surface area (Å²) in [4.78, 5) is 37.9. The number of carbonyl (C=O) groups is 3. The summed E-state index contributed by atoms with van der Waals surface area (Å²) in [5, 5.41) is 9.27. The van der Waals surface area contributed by atoms with Crippen molar-refractivity contribution in [2.45, 2.75) is 31.7 Å². The van der Waals surface area contributed by atoms with E-state index in [4.69, 9.17) is 0 Å². The van der Waals surface area contributed by atoms with Crippen LogP contribution in [0.5, 0.6) is 0 Å². The molecular formula is C15H17NO4. The Hall–Kier alpha value is -1.65. The third-order valence-corrected chi connectivity index (χ3v) is 5.63. The number of likely N-dealkylation sites (tertiary alicyclic amines) is 1. The number of nitrogens with zero attached hydrogens (tertiary/aromatic N) is 1. The van der Waals surface area contributed by atoms with E-state index in [1.165, 1.54) is 4.90 Å². The van der Waals surface area contributed by atoms with Crippen molar-refractivity contribution in [3.63, 3.8) is 0 Å². The van der Waals surface area contributed by atoms with Crippen LogP contribution in [0.2, 0.25) is 0 Å². The van der Waals surface area contributed by atoms with Gasteiger partial charge in [0, 0.05) is 0 Å². The Morgan fingerprint density at radius 1 is 1.10 bits per heavy atom. The molecule has 1 N–H and O–H groups in total. The molecule has 4 rings (SSSR count). The monoisotopic (exact) mass is 275 g/mol. The summed E-state index contributed by atoms with van der Waals surface area (Å²) in [6, 6.07) is -0.419.